The van der Waals surface area contributed by atoms with Gasteiger partial charge in [-0.05, 0) is 30.7 Å². The van der Waals surface area contributed by atoms with Gasteiger partial charge in [-0.15, -0.1) is 0 Å². The number of hydrogen-bond acceptors (Lipinski definition) is 3. The molecule has 1 atom stereocenters. The zero-order valence-electron chi connectivity index (χ0n) is 11.9. The molecule has 0 amide bonds. The number of ether oxygens (including phenoxy) is 2. The Balaban J connectivity index is 1.69. The van der Waals surface area contributed by atoms with E-state index in [1.807, 2.05) is 18.2 Å². The van der Waals surface area contributed by atoms with Gasteiger partial charge in [-0.2, -0.15) is 0 Å². The Kier molecular flexibility index (Phi) is 4.06. The van der Waals surface area contributed by atoms with Crippen molar-refractivity contribution in [2.45, 2.75) is 19.5 Å². The molecule has 0 radical (unpaired) electrons. The second kappa shape index (κ2) is 6.14. The van der Waals surface area contributed by atoms with Gasteiger partial charge in [-0.1, -0.05) is 24.3 Å². The molecule has 110 valence electrons. The van der Waals surface area contributed by atoms with Gasteiger partial charge in [0.15, 0.2) is 11.5 Å². The quantitative estimate of drug-likeness (QED) is 0.934. The van der Waals surface area contributed by atoms with E-state index >= 15 is 0 Å². The molecule has 1 unspecified atom stereocenters. The third-order valence-electron chi connectivity index (χ3n) is 3.62. The molecular formula is C17H18FNO2. The van der Waals surface area contributed by atoms with E-state index in [0.717, 1.165) is 22.6 Å². The maximum Gasteiger partial charge on any atom is 0.165 e. The highest BCUT2D eigenvalue weighted by Crippen LogP contribution is 2.33. The molecule has 1 heterocycles. The lowest BCUT2D eigenvalue weighted by molar-refractivity contribution is 0.169. The van der Waals surface area contributed by atoms with E-state index in [0.29, 0.717) is 19.8 Å². The Morgan fingerprint density at radius 1 is 1.10 bits per heavy atom. The summed E-state index contributed by atoms with van der Waals surface area (Å²) in [4.78, 5) is 0. The van der Waals surface area contributed by atoms with Crippen LogP contribution in [0.1, 0.15) is 24.1 Å². The molecule has 0 saturated heterocycles. The number of halogens is 1. The summed E-state index contributed by atoms with van der Waals surface area (Å²) in [5.41, 5.74) is 2.12. The van der Waals surface area contributed by atoms with E-state index in [2.05, 4.69) is 12.2 Å². The fourth-order valence-corrected chi connectivity index (χ4v) is 2.41. The largest absolute Gasteiger partial charge is 0.486 e. The molecule has 0 saturated carbocycles. The molecule has 0 fully saturated rings. The molecule has 1 aliphatic rings. The molecule has 0 spiro atoms. The van der Waals surface area contributed by atoms with Crippen LogP contribution in [0.3, 0.4) is 0 Å². The lowest BCUT2D eigenvalue weighted by atomic mass is 10.1. The van der Waals surface area contributed by atoms with Crippen LogP contribution in [-0.2, 0) is 6.54 Å². The van der Waals surface area contributed by atoms with Crippen molar-refractivity contribution in [1.82, 2.24) is 5.32 Å². The third-order valence-corrected chi connectivity index (χ3v) is 3.62. The molecule has 1 aliphatic heterocycles. The Morgan fingerprint density at radius 2 is 1.86 bits per heavy atom. The zero-order valence-corrected chi connectivity index (χ0v) is 11.9. The van der Waals surface area contributed by atoms with Crippen molar-refractivity contribution in [3.05, 3.63) is 59.4 Å². The van der Waals surface area contributed by atoms with Gasteiger partial charge in [0.1, 0.15) is 19.0 Å². The van der Waals surface area contributed by atoms with Crippen LogP contribution in [-0.4, -0.2) is 13.2 Å². The third kappa shape index (κ3) is 3.16. The number of rotatable bonds is 4. The summed E-state index contributed by atoms with van der Waals surface area (Å²) >= 11 is 0. The standard InChI is InChI=1S/C17H18FNO2/c1-12(13-5-7-15(18)8-6-13)19-11-14-3-2-4-16-17(14)21-10-9-20-16/h2-8,12,19H,9-11H2,1H3. The van der Waals surface area contributed by atoms with Crippen LogP contribution in [0.4, 0.5) is 4.39 Å². The molecule has 2 aromatic carbocycles. The fourth-order valence-electron chi connectivity index (χ4n) is 2.41. The van der Waals surface area contributed by atoms with Gasteiger partial charge < -0.3 is 14.8 Å². The fraction of sp³-hybridized carbons (Fsp3) is 0.294. The summed E-state index contributed by atoms with van der Waals surface area (Å²) in [6, 6.07) is 12.6. The molecule has 3 nitrogen and oxygen atoms in total. The van der Waals surface area contributed by atoms with E-state index in [1.54, 1.807) is 12.1 Å². The van der Waals surface area contributed by atoms with Crippen LogP contribution >= 0.6 is 0 Å². The summed E-state index contributed by atoms with van der Waals surface area (Å²) in [5, 5.41) is 3.43. The summed E-state index contributed by atoms with van der Waals surface area (Å²) in [6.07, 6.45) is 0. The number of nitrogens with one attached hydrogen (secondary N) is 1. The summed E-state index contributed by atoms with van der Waals surface area (Å²) in [6.45, 7) is 3.90. The molecule has 0 aliphatic carbocycles. The van der Waals surface area contributed by atoms with Crippen molar-refractivity contribution in [3.8, 4) is 11.5 Å². The van der Waals surface area contributed by atoms with E-state index in [-0.39, 0.29) is 11.9 Å². The molecule has 3 rings (SSSR count). The van der Waals surface area contributed by atoms with Crippen molar-refractivity contribution < 1.29 is 13.9 Å². The molecule has 2 aromatic rings. The molecular weight excluding hydrogens is 269 g/mol. The molecule has 0 bridgehead atoms. The van der Waals surface area contributed by atoms with Crippen LogP contribution < -0.4 is 14.8 Å². The zero-order chi connectivity index (χ0) is 14.7. The van der Waals surface area contributed by atoms with Crippen LogP contribution in [0.2, 0.25) is 0 Å². The Bertz CT molecular complexity index is 613. The average molecular weight is 287 g/mol. The van der Waals surface area contributed by atoms with Crippen LogP contribution in [0, 0.1) is 5.82 Å². The van der Waals surface area contributed by atoms with Crippen LogP contribution in [0.15, 0.2) is 42.5 Å². The lowest BCUT2D eigenvalue weighted by Gasteiger charge is -2.22. The van der Waals surface area contributed by atoms with Crippen molar-refractivity contribution in [1.29, 1.82) is 0 Å². The monoisotopic (exact) mass is 287 g/mol. The molecule has 21 heavy (non-hydrogen) atoms. The Morgan fingerprint density at radius 3 is 2.67 bits per heavy atom. The first-order chi connectivity index (χ1) is 10.2. The summed E-state index contributed by atoms with van der Waals surface area (Å²) < 4.78 is 24.2. The van der Waals surface area contributed by atoms with Crippen molar-refractivity contribution >= 4 is 0 Å². The predicted molar refractivity (Wildman–Crippen MR) is 79.1 cm³/mol. The van der Waals surface area contributed by atoms with E-state index in [1.165, 1.54) is 12.1 Å². The van der Waals surface area contributed by atoms with Gasteiger partial charge in [0.25, 0.3) is 0 Å². The molecule has 4 heteroatoms. The van der Waals surface area contributed by atoms with Crippen LogP contribution in [0.5, 0.6) is 11.5 Å². The topological polar surface area (TPSA) is 30.5 Å². The molecule has 1 N–H and O–H groups in total. The van der Waals surface area contributed by atoms with Crippen LogP contribution in [0.25, 0.3) is 0 Å². The van der Waals surface area contributed by atoms with Gasteiger partial charge >= 0.3 is 0 Å². The van der Waals surface area contributed by atoms with Gasteiger partial charge in [0.05, 0.1) is 0 Å². The summed E-state index contributed by atoms with van der Waals surface area (Å²) in [5.74, 6) is 1.41. The minimum atomic E-state index is -0.214. The lowest BCUT2D eigenvalue weighted by Crippen LogP contribution is -2.21. The smallest absolute Gasteiger partial charge is 0.165 e. The van der Waals surface area contributed by atoms with Gasteiger partial charge in [-0.25, -0.2) is 4.39 Å². The number of para-hydroxylation sites is 1. The molecule has 0 aromatic heterocycles. The summed E-state index contributed by atoms with van der Waals surface area (Å²) in [7, 11) is 0. The van der Waals surface area contributed by atoms with E-state index < -0.39 is 0 Å². The normalized spacial score (nSPS) is 14.8. The number of fused-ring (bicyclic) bond motifs is 1. The number of benzene rings is 2. The maximum atomic E-state index is 12.9. The maximum absolute atomic E-state index is 12.9. The highest BCUT2D eigenvalue weighted by Gasteiger charge is 2.16. The minimum absolute atomic E-state index is 0.131. The second-order valence-corrected chi connectivity index (χ2v) is 5.10. The van der Waals surface area contributed by atoms with Crippen molar-refractivity contribution in [2.75, 3.05) is 13.2 Å². The first kappa shape index (κ1) is 13.9. The minimum Gasteiger partial charge on any atom is -0.486 e. The highest BCUT2D eigenvalue weighted by atomic mass is 19.1. The Labute approximate surface area is 123 Å². The van der Waals surface area contributed by atoms with E-state index in [9.17, 15) is 4.39 Å². The highest BCUT2D eigenvalue weighted by molar-refractivity contribution is 5.47. The van der Waals surface area contributed by atoms with Gasteiger partial charge in [-0.3, -0.25) is 0 Å². The first-order valence-electron chi connectivity index (χ1n) is 7.10. The van der Waals surface area contributed by atoms with Crippen molar-refractivity contribution in [2.24, 2.45) is 0 Å². The predicted octanol–water partition coefficient (Wildman–Crippen LogP) is 3.45. The van der Waals surface area contributed by atoms with E-state index in [4.69, 9.17) is 9.47 Å². The SMILES string of the molecule is CC(NCc1cccc2c1OCCO2)c1ccc(F)cc1. The average Bonchev–Trinajstić information content (AvgIpc) is 2.53. The van der Waals surface area contributed by atoms with Crippen molar-refractivity contribution in [3.63, 3.8) is 0 Å². The van der Waals surface area contributed by atoms with Gasteiger partial charge in [0.2, 0.25) is 0 Å². The number of hydrogen-bond donors (Lipinski definition) is 1. The van der Waals surface area contributed by atoms with Gasteiger partial charge in [0, 0.05) is 18.2 Å². The Hall–Kier alpha value is -2.07. The first-order valence-corrected chi connectivity index (χ1v) is 7.10. The second-order valence-electron chi connectivity index (χ2n) is 5.10.